The summed E-state index contributed by atoms with van der Waals surface area (Å²) in [5.41, 5.74) is 4.16. The number of unbranched alkanes of at least 4 members (excludes halogenated alkanes) is 1. The lowest BCUT2D eigenvalue weighted by atomic mass is 10.0. The molecule has 1 aliphatic heterocycles. The van der Waals surface area contributed by atoms with Crippen molar-refractivity contribution in [3.05, 3.63) is 52.9 Å². The zero-order chi connectivity index (χ0) is 40.8. The van der Waals surface area contributed by atoms with Crippen LogP contribution in [0.25, 0.3) is 10.4 Å². The molecule has 4 amide bonds. The SMILES string of the molecule is Cc1ncsc1-c1ccc(CNC(=O)[C@@H]2CC(O)CN2C(=O)CC(C)Cc2cc(OCCCCOCCN(CCC(=O)N(C)C)C(=O)OC(C)(C)C)no2)cc1. The number of aliphatic hydroxyl groups excluding tert-OH is 1. The molecule has 1 aromatic carbocycles. The second-order valence-electron chi connectivity index (χ2n) is 15.5. The minimum absolute atomic E-state index is 0.0731. The van der Waals surface area contributed by atoms with Crippen molar-refractivity contribution in [2.24, 2.45) is 5.92 Å². The molecule has 1 fully saturated rings. The molecule has 3 aromatic rings. The fourth-order valence-electron chi connectivity index (χ4n) is 6.12. The van der Waals surface area contributed by atoms with E-state index in [4.69, 9.17) is 18.7 Å². The summed E-state index contributed by atoms with van der Waals surface area (Å²) in [5.74, 6) is 0.264. The van der Waals surface area contributed by atoms with E-state index in [9.17, 15) is 24.3 Å². The number of hydrogen-bond donors (Lipinski definition) is 2. The minimum atomic E-state index is -0.766. The Morgan fingerprint density at radius 2 is 1.82 bits per heavy atom. The van der Waals surface area contributed by atoms with Crippen molar-refractivity contribution >= 4 is 35.2 Å². The maximum absolute atomic E-state index is 13.3. The summed E-state index contributed by atoms with van der Waals surface area (Å²) in [6.07, 6.45) is 1.19. The second-order valence-corrected chi connectivity index (χ2v) is 16.3. The lowest BCUT2D eigenvalue weighted by Gasteiger charge is -2.27. The molecule has 1 saturated heterocycles. The molecule has 2 unspecified atom stereocenters. The Balaban J connectivity index is 1.12. The molecule has 0 bridgehead atoms. The van der Waals surface area contributed by atoms with Gasteiger partial charge in [0.15, 0.2) is 0 Å². The Kier molecular flexibility index (Phi) is 16.7. The molecule has 3 heterocycles. The monoisotopic (exact) mass is 798 g/mol. The molecule has 3 atom stereocenters. The molecular formula is C40H58N6O9S. The van der Waals surface area contributed by atoms with E-state index in [2.05, 4.69) is 15.5 Å². The van der Waals surface area contributed by atoms with Crippen LogP contribution < -0.4 is 10.1 Å². The smallest absolute Gasteiger partial charge is 0.410 e. The second kappa shape index (κ2) is 21.1. The van der Waals surface area contributed by atoms with Crippen molar-refractivity contribution in [2.45, 2.75) is 97.4 Å². The first-order chi connectivity index (χ1) is 26.6. The van der Waals surface area contributed by atoms with Crippen molar-refractivity contribution in [3.8, 4) is 16.3 Å². The average Bonchev–Trinajstić information content (AvgIpc) is 3.88. The van der Waals surface area contributed by atoms with Gasteiger partial charge in [-0.25, -0.2) is 9.78 Å². The highest BCUT2D eigenvalue weighted by Gasteiger charge is 2.39. The van der Waals surface area contributed by atoms with Gasteiger partial charge in [0.1, 0.15) is 17.4 Å². The summed E-state index contributed by atoms with van der Waals surface area (Å²) >= 11 is 1.59. The standard InChI is InChI=1S/C40H58N6O9S/c1-27(21-36(49)46-25-31(47)22-33(46)38(50)41-24-29-10-12-30(13-11-29)37-28(2)42-26-56-37)20-32-23-34(43-55-32)53-18-9-8-17-52-19-16-45(15-14-35(48)44(6)7)39(51)54-40(3,4)5/h10-13,23,26-27,31,33,47H,8-9,14-22,24-25H2,1-7H3,(H,41,50)/t27?,31?,33-/m0/s1. The van der Waals surface area contributed by atoms with Gasteiger partial charge in [0, 0.05) is 78.6 Å². The Morgan fingerprint density at radius 3 is 2.50 bits per heavy atom. The number of aryl methyl sites for hydroxylation is 1. The number of carbonyl (C=O) groups is 4. The van der Waals surface area contributed by atoms with Gasteiger partial charge in [0.25, 0.3) is 5.88 Å². The highest BCUT2D eigenvalue weighted by Crippen LogP contribution is 2.27. The van der Waals surface area contributed by atoms with Gasteiger partial charge in [-0.2, -0.15) is 0 Å². The van der Waals surface area contributed by atoms with Crippen molar-refractivity contribution in [1.29, 1.82) is 0 Å². The Bertz CT molecular complexity index is 1720. The number of β-amino-alcohol motifs (C(OH)–C–C–N with tert-alkyl or cyclic N) is 1. The first-order valence-electron chi connectivity index (χ1n) is 19.2. The lowest BCUT2D eigenvalue weighted by molar-refractivity contribution is -0.139. The molecule has 0 radical (unpaired) electrons. The number of aliphatic hydroxyl groups is 1. The summed E-state index contributed by atoms with van der Waals surface area (Å²) in [6.45, 7) is 11.4. The molecule has 56 heavy (non-hydrogen) atoms. The topological polar surface area (TPSA) is 177 Å². The first-order valence-corrected chi connectivity index (χ1v) is 20.1. The lowest BCUT2D eigenvalue weighted by Crippen LogP contribution is -2.46. The van der Waals surface area contributed by atoms with Crippen molar-refractivity contribution in [1.82, 2.24) is 30.2 Å². The van der Waals surface area contributed by atoms with Gasteiger partial charge in [0.05, 0.1) is 35.4 Å². The average molecular weight is 799 g/mol. The number of likely N-dealkylation sites (tertiary alicyclic amines) is 1. The van der Waals surface area contributed by atoms with E-state index >= 15 is 0 Å². The summed E-state index contributed by atoms with van der Waals surface area (Å²) in [5, 5.41) is 17.3. The number of amides is 4. The van der Waals surface area contributed by atoms with Crippen molar-refractivity contribution in [3.63, 3.8) is 0 Å². The third kappa shape index (κ3) is 14.2. The maximum Gasteiger partial charge on any atom is 0.410 e. The number of thiazole rings is 1. The molecule has 0 spiro atoms. The quantitative estimate of drug-likeness (QED) is 0.150. The summed E-state index contributed by atoms with van der Waals surface area (Å²) < 4.78 is 22.4. The van der Waals surface area contributed by atoms with E-state index in [1.54, 1.807) is 52.3 Å². The minimum Gasteiger partial charge on any atom is -0.476 e. The van der Waals surface area contributed by atoms with E-state index in [0.29, 0.717) is 57.4 Å². The number of carbonyl (C=O) groups excluding carboxylic acids is 4. The van der Waals surface area contributed by atoms with E-state index < -0.39 is 23.8 Å². The number of benzene rings is 1. The number of rotatable bonds is 20. The Hall–Kier alpha value is -4.54. The molecule has 16 heteroatoms. The van der Waals surface area contributed by atoms with Gasteiger partial charge in [-0.05, 0) is 62.7 Å². The molecule has 2 N–H and O–H groups in total. The zero-order valence-corrected chi connectivity index (χ0v) is 34.6. The fraction of sp³-hybridized carbons (Fsp3) is 0.600. The van der Waals surface area contributed by atoms with Crippen molar-refractivity contribution in [2.75, 3.05) is 53.6 Å². The van der Waals surface area contributed by atoms with Crippen LogP contribution in [0.15, 0.2) is 40.4 Å². The molecule has 1 aliphatic rings. The third-order valence-electron chi connectivity index (χ3n) is 9.13. The molecule has 4 rings (SSSR count). The van der Waals surface area contributed by atoms with Crippen LogP contribution in [0.4, 0.5) is 4.79 Å². The molecule has 0 aliphatic carbocycles. The van der Waals surface area contributed by atoms with E-state index in [0.717, 1.165) is 28.1 Å². The van der Waals surface area contributed by atoms with Crippen LogP contribution in [0.5, 0.6) is 5.88 Å². The van der Waals surface area contributed by atoms with E-state index in [-0.39, 0.29) is 56.0 Å². The van der Waals surface area contributed by atoms with Gasteiger partial charge in [0.2, 0.25) is 17.7 Å². The molecule has 2 aromatic heterocycles. The Morgan fingerprint density at radius 1 is 1.09 bits per heavy atom. The normalized spacial score (nSPS) is 16.0. The molecule has 308 valence electrons. The van der Waals surface area contributed by atoms with Crippen LogP contribution in [0.1, 0.15) is 76.8 Å². The number of aromatic nitrogens is 2. The van der Waals surface area contributed by atoms with E-state index in [1.165, 1.54) is 14.7 Å². The number of ether oxygens (including phenoxy) is 3. The van der Waals surface area contributed by atoms with Gasteiger partial charge in [-0.3, -0.25) is 14.4 Å². The predicted octanol–water partition coefficient (Wildman–Crippen LogP) is 4.84. The van der Waals surface area contributed by atoms with Crippen LogP contribution >= 0.6 is 11.3 Å². The van der Waals surface area contributed by atoms with Crippen LogP contribution in [-0.4, -0.2) is 125 Å². The van der Waals surface area contributed by atoms with Gasteiger partial charge in [-0.15, -0.1) is 11.3 Å². The van der Waals surface area contributed by atoms with Crippen LogP contribution in [-0.2, 0) is 36.8 Å². The summed E-state index contributed by atoms with van der Waals surface area (Å²) in [6, 6.07) is 8.92. The maximum atomic E-state index is 13.3. The number of nitrogens with one attached hydrogen (secondary N) is 1. The van der Waals surface area contributed by atoms with E-state index in [1.807, 2.05) is 43.6 Å². The summed E-state index contributed by atoms with van der Waals surface area (Å²) in [7, 11) is 3.35. The largest absolute Gasteiger partial charge is 0.476 e. The number of nitrogens with zero attached hydrogens (tertiary/aromatic N) is 5. The zero-order valence-electron chi connectivity index (χ0n) is 33.7. The molecular weight excluding hydrogens is 741 g/mol. The van der Waals surface area contributed by atoms with Crippen molar-refractivity contribution < 1.29 is 43.0 Å². The highest BCUT2D eigenvalue weighted by atomic mass is 32.1. The van der Waals surface area contributed by atoms with Gasteiger partial charge >= 0.3 is 6.09 Å². The summed E-state index contributed by atoms with van der Waals surface area (Å²) in [4.78, 5) is 61.1. The number of hydrogen-bond acceptors (Lipinski definition) is 12. The highest BCUT2D eigenvalue weighted by molar-refractivity contribution is 7.13. The van der Waals surface area contributed by atoms with Gasteiger partial charge in [-0.1, -0.05) is 31.2 Å². The molecule has 15 nitrogen and oxygen atoms in total. The Labute approximate surface area is 333 Å². The third-order valence-corrected chi connectivity index (χ3v) is 10.1. The van der Waals surface area contributed by atoms with Gasteiger partial charge < -0.3 is 43.9 Å². The predicted molar refractivity (Wildman–Crippen MR) is 211 cm³/mol. The van der Waals surface area contributed by atoms with Crippen LogP contribution in [0, 0.1) is 12.8 Å². The van der Waals surface area contributed by atoms with Crippen LogP contribution in [0.3, 0.4) is 0 Å². The first kappa shape index (κ1) is 44.2. The molecule has 0 saturated carbocycles. The fourth-order valence-corrected chi connectivity index (χ4v) is 6.93. The van der Waals surface area contributed by atoms with Crippen LogP contribution in [0.2, 0.25) is 0 Å².